The maximum absolute atomic E-state index is 12.6. The standard InChI is InChI=1S/C10H14F3N3O/c1-5(2)6(3)17-8-7(10(11,12)13)4-15-9(14)16-8/h4-6H,1-3H3,(H2,14,15,16)/t6-/m1/s1. The summed E-state index contributed by atoms with van der Waals surface area (Å²) < 4.78 is 43.1. The van der Waals surface area contributed by atoms with Crippen molar-refractivity contribution in [3.05, 3.63) is 11.8 Å². The lowest BCUT2D eigenvalue weighted by molar-refractivity contribution is -0.140. The van der Waals surface area contributed by atoms with E-state index >= 15 is 0 Å². The molecule has 1 rings (SSSR count). The highest BCUT2D eigenvalue weighted by atomic mass is 19.4. The third kappa shape index (κ3) is 3.47. The number of aromatic nitrogens is 2. The van der Waals surface area contributed by atoms with Crippen molar-refractivity contribution in [3.8, 4) is 5.88 Å². The van der Waals surface area contributed by atoms with E-state index in [0.29, 0.717) is 6.20 Å². The lowest BCUT2D eigenvalue weighted by Gasteiger charge is -2.19. The summed E-state index contributed by atoms with van der Waals surface area (Å²) in [5.74, 6) is -0.706. The SMILES string of the molecule is CC(C)[C@@H](C)Oc1nc(N)ncc1C(F)(F)F. The van der Waals surface area contributed by atoms with Gasteiger partial charge in [-0.3, -0.25) is 0 Å². The van der Waals surface area contributed by atoms with Crippen LogP contribution in [-0.2, 0) is 6.18 Å². The van der Waals surface area contributed by atoms with Crippen molar-refractivity contribution in [2.75, 3.05) is 5.73 Å². The van der Waals surface area contributed by atoms with Crippen LogP contribution < -0.4 is 10.5 Å². The Morgan fingerprint density at radius 3 is 2.35 bits per heavy atom. The van der Waals surface area contributed by atoms with Crippen LogP contribution >= 0.6 is 0 Å². The van der Waals surface area contributed by atoms with E-state index in [2.05, 4.69) is 9.97 Å². The first-order chi connectivity index (χ1) is 7.71. The molecule has 0 amide bonds. The molecule has 1 atom stereocenters. The molecule has 0 saturated heterocycles. The van der Waals surface area contributed by atoms with Gasteiger partial charge in [0.05, 0.1) is 6.10 Å². The average molecular weight is 249 g/mol. The van der Waals surface area contributed by atoms with Gasteiger partial charge in [-0.2, -0.15) is 18.2 Å². The summed E-state index contributed by atoms with van der Waals surface area (Å²) in [4.78, 5) is 6.81. The number of nitrogen functional groups attached to an aromatic ring is 1. The van der Waals surface area contributed by atoms with Crippen LogP contribution in [0.4, 0.5) is 19.1 Å². The van der Waals surface area contributed by atoms with E-state index in [1.54, 1.807) is 6.92 Å². The zero-order chi connectivity index (χ0) is 13.2. The van der Waals surface area contributed by atoms with Crippen LogP contribution in [-0.4, -0.2) is 16.1 Å². The van der Waals surface area contributed by atoms with Gasteiger partial charge in [0, 0.05) is 6.20 Å². The molecule has 0 fully saturated rings. The summed E-state index contributed by atoms with van der Waals surface area (Å²) in [5.41, 5.74) is 4.24. The second-order valence-corrected chi connectivity index (χ2v) is 4.01. The van der Waals surface area contributed by atoms with Crippen molar-refractivity contribution < 1.29 is 17.9 Å². The Balaban J connectivity index is 3.08. The van der Waals surface area contributed by atoms with Crippen molar-refractivity contribution in [3.63, 3.8) is 0 Å². The first-order valence-electron chi connectivity index (χ1n) is 5.08. The number of nitrogens with zero attached hydrogens (tertiary/aromatic N) is 2. The van der Waals surface area contributed by atoms with Gasteiger partial charge in [0.15, 0.2) is 0 Å². The zero-order valence-electron chi connectivity index (χ0n) is 9.75. The van der Waals surface area contributed by atoms with Crippen LogP contribution in [0.15, 0.2) is 6.20 Å². The van der Waals surface area contributed by atoms with Crippen molar-refractivity contribution in [1.82, 2.24) is 9.97 Å². The number of hydrogen-bond acceptors (Lipinski definition) is 4. The lowest BCUT2D eigenvalue weighted by Crippen LogP contribution is -2.22. The van der Waals surface area contributed by atoms with Crippen LogP contribution in [0.5, 0.6) is 5.88 Å². The molecule has 0 saturated carbocycles. The fraction of sp³-hybridized carbons (Fsp3) is 0.600. The number of rotatable bonds is 3. The molecule has 96 valence electrons. The lowest BCUT2D eigenvalue weighted by atomic mass is 10.1. The summed E-state index contributed by atoms with van der Waals surface area (Å²) in [6, 6.07) is 0. The number of ether oxygens (including phenoxy) is 1. The number of alkyl halides is 3. The minimum Gasteiger partial charge on any atom is -0.474 e. The molecule has 17 heavy (non-hydrogen) atoms. The van der Waals surface area contributed by atoms with E-state index in [1.807, 2.05) is 13.8 Å². The Morgan fingerprint density at radius 2 is 1.88 bits per heavy atom. The molecular weight excluding hydrogens is 235 g/mol. The minimum absolute atomic E-state index is 0.0623. The maximum atomic E-state index is 12.6. The molecule has 1 aromatic heterocycles. The monoisotopic (exact) mass is 249 g/mol. The average Bonchev–Trinajstić information content (AvgIpc) is 2.15. The van der Waals surface area contributed by atoms with E-state index in [1.165, 1.54) is 0 Å². The largest absolute Gasteiger partial charge is 0.474 e. The zero-order valence-corrected chi connectivity index (χ0v) is 9.75. The van der Waals surface area contributed by atoms with E-state index in [9.17, 15) is 13.2 Å². The van der Waals surface area contributed by atoms with Gasteiger partial charge in [0.2, 0.25) is 11.8 Å². The smallest absolute Gasteiger partial charge is 0.423 e. The molecular formula is C10H14F3N3O. The number of nitrogens with two attached hydrogens (primary N) is 1. The molecule has 0 bridgehead atoms. The van der Waals surface area contributed by atoms with Crippen LogP contribution in [0, 0.1) is 5.92 Å². The normalized spacial score (nSPS) is 13.8. The highest BCUT2D eigenvalue weighted by molar-refractivity contribution is 5.32. The Bertz CT molecular complexity index is 393. The minimum atomic E-state index is -4.56. The predicted molar refractivity (Wildman–Crippen MR) is 56.4 cm³/mol. The highest BCUT2D eigenvalue weighted by Gasteiger charge is 2.36. The molecule has 0 spiro atoms. The Morgan fingerprint density at radius 1 is 1.29 bits per heavy atom. The van der Waals surface area contributed by atoms with Crippen molar-refractivity contribution >= 4 is 5.95 Å². The third-order valence-electron chi connectivity index (χ3n) is 2.31. The summed E-state index contributed by atoms with van der Waals surface area (Å²) in [6.07, 6.45) is -4.32. The molecule has 1 aromatic rings. The molecule has 1 heterocycles. The highest BCUT2D eigenvalue weighted by Crippen LogP contribution is 2.35. The summed E-state index contributed by atoms with van der Waals surface area (Å²) >= 11 is 0. The molecule has 0 aliphatic carbocycles. The number of anilines is 1. The second kappa shape index (κ2) is 4.77. The fourth-order valence-electron chi connectivity index (χ4n) is 0.975. The second-order valence-electron chi connectivity index (χ2n) is 4.01. The summed E-state index contributed by atoms with van der Waals surface area (Å²) in [6.45, 7) is 5.34. The Kier molecular flexibility index (Phi) is 3.79. The van der Waals surface area contributed by atoms with Gasteiger partial charge < -0.3 is 10.5 Å². The van der Waals surface area contributed by atoms with Gasteiger partial charge in [-0.25, -0.2) is 4.98 Å². The molecule has 4 nitrogen and oxygen atoms in total. The molecule has 0 aliphatic heterocycles. The Hall–Kier alpha value is -1.53. The van der Waals surface area contributed by atoms with E-state index in [-0.39, 0.29) is 11.9 Å². The van der Waals surface area contributed by atoms with Crippen LogP contribution in [0.25, 0.3) is 0 Å². The molecule has 0 aromatic carbocycles. The molecule has 0 radical (unpaired) electrons. The van der Waals surface area contributed by atoms with Crippen LogP contribution in [0.3, 0.4) is 0 Å². The van der Waals surface area contributed by atoms with Crippen molar-refractivity contribution in [2.24, 2.45) is 5.92 Å². The molecule has 0 unspecified atom stereocenters. The molecule has 0 aliphatic rings. The first-order valence-corrected chi connectivity index (χ1v) is 5.08. The van der Waals surface area contributed by atoms with Gasteiger partial charge in [-0.1, -0.05) is 13.8 Å². The van der Waals surface area contributed by atoms with Gasteiger partial charge >= 0.3 is 6.18 Å². The van der Waals surface area contributed by atoms with Crippen LogP contribution in [0.2, 0.25) is 0 Å². The van der Waals surface area contributed by atoms with Gasteiger partial charge in [-0.15, -0.1) is 0 Å². The van der Waals surface area contributed by atoms with Gasteiger partial charge in [-0.05, 0) is 12.8 Å². The molecule has 7 heteroatoms. The van der Waals surface area contributed by atoms with E-state index in [4.69, 9.17) is 10.5 Å². The third-order valence-corrected chi connectivity index (χ3v) is 2.31. The predicted octanol–water partition coefficient (Wildman–Crippen LogP) is 2.50. The van der Waals surface area contributed by atoms with E-state index in [0.717, 1.165) is 0 Å². The maximum Gasteiger partial charge on any atom is 0.423 e. The summed E-state index contributed by atoms with van der Waals surface area (Å²) in [7, 11) is 0. The number of hydrogen-bond donors (Lipinski definition) is 1. The fourth-order valence-corrected chi connectivity index (χ4v) is 0.975. The van der Waals surface area contributed by atoms with Crippen molar-refractivity contribution in [1.29, 1.82) is 0 Å². The van der Waals surface area contributed by atoms with E-state index < -0.39 is 23.7 Å². The topological polar surface area (TPSA) is 61.0 Å². The summed E-state index contributed by atoms with van der Waals surface area (Å²) in [5, 5.41) is 0. The molecule has 2 N–H and O–H groups in total. The van der Waals surface area contributed by atoms with Crippen LogP contribution in [0.1, 0.15) is 26.3 Å². The Labute approximate surface area is 97.0 Å². The van der Waals surface area contributed by atoms with Crippen molar-refractivity contribution in [2.45, 2.75) is 33.1 Å². The van der Waals surface area contributed by atoms with Gasteiger partial charge in [0.1, 0.15) is 5.56 Å². The quantitative estimate of drug-likeness (QED) is 0.894. The number of halogens is 3. The first kappa shape index (κ1) is 13.5. The van der Waals surface area contributed by atoms with Gasteiger partial charge in [0.25, 0.3) is 0 Å².